The van der Waals surface area contributed by atoms with Crippen molar-refractivity contribution in [2.24, 2.45) is 5.92 Å². The average Bonchev–Trinajstić information content (AvgIpc) is 2.51. The molecule has 0 spiro atoms. The van der Waals surface area contributed by atoms with E-state index in [0.29, 0.717) is 19.0 Å². The fraction of sp³-hybridized carbons (Fsp3) is 0.778. The summed E-state index contributed by atoms with van der Waals surface area (Å²) in [5.74, 6) is 0.555. The number of nitrogens with zero attached hydrogens (tertiary/aromatic N) is 2. The maximum atomic E-state index is 8.82. The predicted molar refractivity (Wildman–Crippen MR) is 50.8 cm³/mol. The molecule has 1 atom stereocenters. The van der Waals surface area contributed by atoms with Crippen molar-refractivity contribution in [2.45, 2.75) is 6.92 Å². The summed E-state index contributed by atoms with van der Waals surface area (Å²) >= 11 is 0. The number of aliphatic hydroxyl groups is 2. The zero-order valence-electron chi connectivity index (χ0n) is 8.06. The van der Waals surface area contributed by atoms with E-state index < -0.39 is 0 Å². The van der Waals surface area contributed by atoms with E-state index in [1.807, 2.05) is 11.2 Å². The molecular formula is C9H18N2O2. The number of hydrazine groups is 1. The van der Waals surface area contributed by atoms with Gasteiger partial charge in [0.2, 0.25) is 0 Å². The number of hydrogen-bond donors (Lipinski definition) is 2. The van der Waals surface area contributed by atoms with Crippen molar-refractivity contribution in [1.82, 2.24) is 10.0 Å². The molecule has 4 heteroatoms. The molecule has 0 aromatic heterocycles. The number of aliphatic hydroxyl groups excluding tert-OH is 2. The molecule has 0 aliphatic carbocycles. The van der Waals surface area contributed by atoms with Gasteiger partial charge in [-0.1, -0.05) is 13.0 Å². The third-order valence-corrected chi connectivity index (χ3v) is 2.14. The maximum Gasteiger partial charge on any atom is 0.0577 e. The van der Waals surface area contributed by atoms with Crippen molar-refractivity contribution in [3.05, 3.63) is 12.3 Å². The molecule has 4 nitrogen and oxygen atoms in total. The van der Waals surface area contributed by atoms with Gasteiger partial charge in [-0.15, -0.1) is 0 Å². The van der Waals surface area contributed by atoms with E-state index in [2.05, 4.69) is 18.0 Å². The monoisotopic (exact) mass is 186 g/mol. The lowest BCUT2D eigenvalue weighted by Crippen LogP contribution is -2.42. The molecule has 0 bridgehead atoms. The van der Waals surface area contributed by atoms with Crippen LogP contribution in [0.25, 0.3) is 0 Å². The van der Waals surface area contributed by atoms with Crippen LogP contribution in [0.4, 0.5) is 0 Å². The maximum absolute atomic E-state index is 8.82. The normalized spacial score (nSPS) is 21.8. The van der Waals surface area contributed by atoms with E-state index in [0.717, 1.165) is 6.54 Å². The molecule has 13 heavy (non-hydrogen) atoms. The minimum atomic E-state index is 0.124. The molecule has 1 rings (SSSR count). The first kappa shape index (κ1) is 10.5. The van der Waals surface area contributed by atoms with Crippen LogP contribution in [0.1, 0.15) is 6.92 Å². The lowest BCUT2D eigenvalue weighted by molar-refractivity contribution is -0.00263. The van der Waals surface area contributed by atoms with Gasteiger partial charge in [0.25, 0.3) is 0 Å². The average molecular weight is 186 g/mol. The molecule has 1 unspecified atom stereocenters. The first-order chi connectivity index (χ1) is 6.27. The molecule has 2 N–H and O–H groups in total. The lowest BCUT2D eigenvalue weighted by atomic mass is 10.2. The zero-order valence-corrected chi connectivity index (χ0v) is 8.06. The third-order valence-electron chi connectivity index (χ3n) is 2.14. The third kappa shape index (κ3) is 2.99. The van der Waals surface area contributed by atoms with E-state index in [4.69, 9.17) is 10.2 Å². The van der Waals surface area contributed by atoms with Gasteiger partial charge in [0, 0.05) is 25.8 Å². The first-order valence-electron chi connectivity index (χ1n) is 4.69. The van der Waals surface area contributed by atoms with Crippen LogP contribution in [-0.2, 0) is 0 Å². The highest BCUT2D eigenvalue weighted by Gasteiger charge is 2.17. The molecule has 0 saturated carbocycles. The zero-order chi connectivity index (χ0) is 9.68. The molecule has 76 valence electrons. The summed E-state index contributed by atoms with van der Waals surface area (Å²) in [5.41, 5.74) is 0. The van der Waals surface area contributed by atoms with E-state index in [1.165, 1.54) is 0 Å². The molecule has 1 aliphatic heterocycles. The lowest BCUT2D eigenvalue weighted by Gasteiger charge is -2.31. The van der Waals surface area contributed by atoms with Crippen LogP contribution in [0.15, 0.2) is 12.3 Å². The summed E-state index contributed by atoms with van der Waals surface area (Å²) in [7, 11) is 0. The summed E-state index contributed by atoms with van der Waals surface area (Å²) in [5, 5.41) is 21.6. The Kier molecular flexibility index (Phi) is 4.21. The Labute approximate surface area is 79.0 Å². The van der Waals surface area contributed by atoms with Gasteiger partial charge >= 0.3 is 0 Å². The molecule has 0 radical (unpaired) electrons. The standard InChI is InChI=1S/C9H18N2O2/c1-9-2-3-11(8-9)10(4-6-12)5-7-13/h2-3,9,12-13H,4-8H2,1H3. The van der Waals surface area contributed by atoms with Crippen molar-refractivity contribution in [3.63, 3.8) is 0 Å². The van der Waals surface area contributed by atoms with Crippen LogP contribution in [0.5, 0.6) is 0 Å². The number of hydrogen-bond acceptors (Lipinski definition) is 4. The minimum absolute atomic E-state index is 0.124. The van der Waals surface area contributed by atoms with E-state index >= 15 is 0 Å². The van der Waals surface area contributed by atoms with Gasteiger partial charge in [-0.2, -0.15) is 0 Å². The summed E-state index contributed by atoms with van der Waals surface area (Å²) < 4.78 is 0. The molecule has 0 saturated heterocycles. The van der Waals surface area contributed by atoms with Crippen molar-refractivity contribution < 1.29 is 10.2 Å². The quantitative estimate of drug-likeness (QED) is 0.616. The Morgan fingerprint density at radius 1 is 1.38 bits per heavy atom. The SMILES string of the molecule is CC1C=CN(N(CCO)CCO)C1. The Morgan fingerprint density at radius 3 is 2.38 bits per heavy atom. The van der Waals surface area contributed by atoms with E-state index in [9.17, 15) is 0 Å². The Bertz CT molecular complexity index is 167. The van der Waals surface area contributed by atoms with Crippen LogP contribution >= 0.6 is 0 Å². The molecule has 1 aliphatic rings. The summed E-state index contributed by atoms with van der Waals surface area (Å²) in [4.78, 5) is 0. The van der Waals surface area contributed by atoms with Gasteiger partial charge < -0.3 is 15.2 Å². The second-order valence-electron chi connectivity index (χ2n) is 3.34. The first-order valence-corrected chi connectivity index (χ1v) is 4.69. The van der Waals surface area contributed by atoms with Crippen molar-refractivity contribution >= 4 is 0 Å². The van der Waals surface area contributed by atoms with Crippen LogP contribution in [0.3, 0.4) is 0 Å². The molecule has 0 aromatic carbocycles. The highest BCUT2D eigenvalue weighted by molar-refractivity contribution is 4.94. The minimum Gasteiger partial charge on any atom is -0.395 e. The predicted octanol–water partition coefficient (Wildman–Crippen LogP) is -0.347. The fourth-order valence-corrected chi connectivity index (χ4v) is 1.47. The van der Waals surface area contributed by atoms with Crippen LogP contribution in [-0.4, -0.2) is 53.1 Å². The van der Waals surface area contributed by atoms with Gasteiger partial charge in [-0.05, 0) is 5.92 Å². The van der Waals surface area contributed by atoms with Crippen molar-refractivity contribution in [2.75, 3.05) is 32.8 Å². The van der Waals surface area contributed by atoms with Crippen molar-refractivity contribution in [3.8, 4) is 0 Å². The van der Waals surface area contributed by atoms with Crippen LogP contribution < -0.4 is 0 Å². The Morgan fingerprint density at radius 2 is 2.00 bits per heavy atom. The number of rotatable bonds is 5. The topological polar surface area (TPSA) is 46.9 Å². The van der Waals surface area contributed by atoms with Crippen LogP contribution in [0.2, 0.25) is 0 Å². The fourth-order valence-electron chi connectivity index (χ4n) is 1.47. The largest absolute Gasteiger partial charge is 0.395 e. The summed E-state index contributed by atoms with van der Waals surface area (Å²) in [6, 6.07) is 0. The highest BCUT2D eigenvalue weighted by atomic mass is 16.3. The van der Waals surface area contributed by atoms with E-state index in [1.54, 1.807) is 0 Å². The Balaban J connectivity index is 2.40. The molecule has 0 aromatic rings. The smallest absolute Gasteiger partial charge is 0.0577 e. The highest BCUT2D eigenvalue weighted by Crippen LogP contribution is 2.13. The van der Waals surface area contributed by atoms with Crippen LogP contribution in [0, 0.1) is 5.92 Å². The second-order valence-corrected chi connectivity index (χ2v) is 3.34. The van der Waals surface area contributed by atoms with Gasteiger partial charge in [-0.25, -0.2) is 5.01 Å². The van der Waals surface area contributed by atoms with Gasteiger partial charge in [0.1, 0.15) is 0 Å². The Hall–Kier alpha value is -0.580. The van der Waals surface area contributed by atoms with Gasteiger partial charge in [-0.3, -0.25) is 0 Å². The van der Waals surface area contributed by atoms with Gasteiger partial charge in [0.15, 0.2) is 0 Å². The second kappa shape index (κ2) is 5.21. The molecule has 1 heterocycles. The molecule has 0 amide bonds. The molecular weight excluding hydrogens is 168 g/mol. The van der Waals surface area contributed by atoms with Gasteiger partial charge in [0.05, 0.1) is 13.2 Å². The van der Waals surface area contributed by atoms with E-state index in [-0.39, 0.29) is 13.2 Å². The van der Waals surface area contributed by atoms with Crippen molar-refractivity contribution in [1.29, 1.82) is 0 Å². The summed E-state index contributed by atoms with van der Waals surface area (Å²) in [6.45, 7) is 4.50. The summed E-state index contributed by atoms with van der Waals surface area (Å²) in [6.07, 6.45) is 4.14. The molecule has 0 fully saturated rings.